The number of carbonyl (C=O) groups is 1. The van der Waals surface area contributed by atoms with Crippen LogP contribution in [0.3, 0.4) is 0 Å². The molecule has 0 bridgehead atoms. The van der Waals surface area contributed by atoms with Gasteiger partial charge in [0.05, 0.1) is 0 Å². The summed E-state index contributed by atoms with van der Waals surface area (Å²) in [6, 6.07) is 12.9. The van der Waals surface area contributed by atoms with Crippen molar-refractivity contribution >= 4 is 17.4 Å². The van der Waals surface area contributed by atoms with Crippen LogP contribution < -0.4 is 11.1 Å². The predicted octanol–water partition coefficient (Wildman–Crippen LogP) is 3.46. The van der Waals surface area contributed by atoms with E-state index in [4.69, 9.17) is 5.73 Å². The molecule has 0 saturated heterocycles. The standard InChI is InChI=1S/C16H18FN3O/c1-2-20(11-12-3-7-14(18)8-4-12)16(21)19-15-9-5-13(17)6-10-15/h3-10H,2,11,18H2,1H3,(H,19,21). The Kier molecular flexibility index (Phi) is 4.77. The van der Waals surface area contributed by atoms with Gasteiger partial charge in [0.25, 0.3) is 0 Å². The number of anilines is 2. The van der Waals surface area contributed by atoms with E-state index in [0.29, 0.717) is 24.5 Å². The molecule has 2 aromatic rings. The van der Waals surface area contributed by atoms with E-state index in [-0.39, 0.29) is 11.8 Å². The zero-order chi connectivity index (χ0) is 15.2. The van der Waals surface area contributed by atoms with E-state index in [0.717, 1.165) is 5.56 Å². The number of nitrogen functional groups attached to an aromatic ring is 1. The largest absolute Gasteiger partial charge is 0.399 e. The number of nitrogens with two attached hydrogens (primary N) is 1. The van der Waals surface area contributed by atoms with Crippen LogP contribution in [0.15, 0.2) is 48.5 Å². The van der Waals surface area contributed by atoms with Gasteiger partial charge in [-0.25, -0.2) is 9.18 Å². The van der Waals surface area contributed by atoms with Gasteiger partial charge < -0.3 is 16.0 Å². The summed E-state index contributed by atoms with van der Waals surface area (Å²) in [6.45, 7) is 2.96. The molecule has 0 heterocycles. The van der Waals surface area contributed by atoms with Crippen molar-refractivity contribution in [3.05, 3.63) is 59.9 Å². The van der Waals surface area contributed by atoms with Crippen LogP contribution in [0.5, 0.6) is 0 Å². The molecule has 2 rings (SSSR count). The zero-order valence-electron chi connectivity index (χ0n) is 11.8. The van der Waals surface area contributed by atoms with Crippen molar-refractivity contribution < 1.29 is 9.18 Å². The molecule has 2 amide bonds. The average molecular weight is 287 g/mol. The van der Waals surface area contributed by atoms with Crippen molar-refractivity contribution in [2.24, 2.45) is 0 Å². The second-order valence-electron chi connectivity index (χ2n) is 4.69. The van der Waals surface area contributed by atoms with Crippen molar-refractivity contribution in [2.45, 2.75) is 13.5 Å². The third-order valence-electron chi connectivity index (χ3n) is 3.12. The summed E-state index contributed by atoms with van der Waals surface area (Å²) in [7, 11) is 0. The monoisotopic (exact) mass is 287 g/mol. The molecule has 0 aliphatic carbocycles. The summed E-state index contributed by atoms with van der Waals surface area (Å²) >= 11 is 0. The topological polar surface area (TPSA) is 58.4 Å². The summed E-state index contributed by atoms with van der Waals surface area (Å²) in [6.07, 6.45) is 0. The van der Waals surface area contributed by atoms with Gasteiger partial charge in [-0.2, -0.15) is 0 Å². The van der Waals surface area contributed by atoms with Crippen molar-refractivity contribution in [1.82, 2.24) is 4.90 Å². The first-order valence-corrected chi connectivity index (χ1v) is 6.74. The Bertz CT molecular complexity index is 596. The minimum Gasteiger partial charge on any atom is -0.399 e. The summed E-state index contributed by atoms with van der Waals surface area (Å²) in [5, 5.41) is 2.75. The van der Waals surface area contributed by atoms with Crippen LogP contribution in [0.25, 0.3) is 0 Å². The second-order valence-corrected chi connectivity index (χ2v) is 4.69. The van der Waals surface area contributed by atoms with Gasteiger partial charge in [-0.1, -0.05) is 12.1 Å². The van der Waals surface area contributed by atoms with Crippen LogP contribution in [-0.4, -0.2) is 17.5 Å². The lowest BCUT2D eigenvalue weighted by molar-refractivity contribution is 0.212. The summed E-state index contributed by atoms with van der Waals surface area (Å²) in [4.78, 5) is 13.9. The number of urea groups is 1. The number of nitrogens with one attached hydrogen (secondary N) is 1. The zero-order valence-corrected chi connectivity index (χ0v) is 11.8. The van der Waals surface area contributed by atoms with E-state index >= 15 is 0 Å². The molecule has 3 N–H and O–H groups in total. The van der Waals surface area contributed by atoms with Crippen molar-refractivity contribution in [2.75, 3.05) is 17.6 Å². The third-order valence-corrected chi connectivity index (χ3v) is 3.12. The summed E-state index contributed by atoms with van der Waals surface area (Å²) in [5.41, 5.74) is 7.90. The molecule has 5 heteroatoms. The van der Waals surface area contributed by atoms with Crippen LogP contribution in [0.4, 0.5) is 20.6 Å². The summed E-state index contributed by atoms with van der Waals surface area (Å²) < 4.78 is 12.8. The minimum absolute atomic E-state index is 0.221. The fourth-order valence-corrected chi connectivity index (χ4v) is 1.91. The van der Waals surface area contributed by atoms with Gasteiger partial charge in [-0.3, -0.25) is 0 Å². The Morgan fingerprint density at radius 2 is 1.76 bits per heavy atom. The highest BCUT2D eigenvalue weighted by Crippen LogP contribution is 2.12. The molecule has 0 spiro atoms. The molecule has 21 heavy (non-hydrogen) atoms. The van der Waals surface area contributed by atoms with Gasteiger partial charge in [-0.15, -0.1) is 0 Å². The smallest absolute Gasteiger partial charge is 0.322 e. The highest BCUT2D eigenvalue weighted by atomic mass is 19.1. The molecular formula is C16H18FN3O. The van der Waals surface area contributed by atoms with E-state index in [1.807, 2.05) is 19.1 Å². The van der Waals surface area contributed by atoms with E-state index in [1.54, 1.807) is 17.0 Å². The highest BCUT2D eigenvalue weighted by Gasteiger charge is 2.12. The fraction of sp³-hybridized carbons (Fsp3) is 0.188. The molecule has 0 saturated carbocycles. The van der Waals surface area contributed by atoms with Crippen LogP contribution in [-0.2, 0) is 6.54 Å². The lowest BCUT2D eigenvalue weighted by Gasteiger charge is -2.21. The average Bonchev–Trinajstić information content (AvgIpc) is 2.49. The maximum Gasteiger partial charge on any atom is 0.322 e. The molecule has 0 radical (unpaired) electrons. The lowest BCUT2D eigenvalue weighted by atomic mass is 10.2. The molecule has 0 unspecified atom stereocenters. The molecule has 110 valence electrons. The molecule has 0 aliphatic heterocycles. The number of rotatable bonds is 4. The van der Waals surface area contributed by atoms with E-state index in [1.165, 1.54) is 24.3 Å². The van der Waals surface area contributed by atoms with Crippen molar-refractivity contribution in [3.63, 3.8) is 0 Å². The quantitative estimate of drug-likeness (QED) is 0.846. The molecule has 4 nitrogen and oxygen atoms in total. The number of carbonyl (C=O) groups excluding carboxylic acids is 1. The van der Waals surface area contributed by atoms with Gasteiger partial charge in [0.15, 0.2) is 0 Å². The maximum absolute atomic E-state index is 12.8. The lowest BCUT2D eigenvalue weighted by Crippen LogP contribution is -2.34. The Labute approximate surface area is 123 Å². The molecule has 0 fully saturated rings. The highest BCUT2D eigenvalue weighted by molar-refractivity contribution is 5.89. The Balaban J connectivity index is 2.01. The second kappa shape index (κ2) is 6.74. The molecule has 0 aliphatic rings. The number of benzene rings is 2. The minimum atomic E-state index is -0.331. The maximum atomic E-state index is 12.8. The van der Waals surface area contributed by atoms with Gasteiger partial charge in [-0.05, 0) is 48.9 Å². The molecule has 0 atom stereocenters. The summed E-state index contributed by atoms with van der Waals surface area (Å²) in [5.74, 6) is -0.331. The first-order valence-electron chi connectivity index (χ1n) is 6.74. The first kappa shape index (κ1) is 14.8. The normalized spacial score (nSPS) is 10.2. The van der Waals surface area contributed by atoms with Crippen LogP contribution in [0, 0.1) is 5.82 Å². The van der Waals surface area contributed by atoms with Gasteiger partial charge >= 0.3 is 6.03 Å². The van der Waals surface area contributed by atoms with E-state index in [9.17, 15) is 9.18 Å². The van der Waals surface area contributed by atoms with Crippen LogP contribution in [0.2, 0.25) is 0 Å². The van der Waals surface area contributed by atoms with Gasteiger partial charge in [0.1, 0.15) is 5.82 Å². The molecule has 0 aromatic heterocycles. The number of halogens is 1. The first-order chi connectivity index (χ1) is 10.1. The Morgan fingerprint density at radius 3 is 2.33 bits per heavy atom. The number of nitrogens with zero attached hydrogens (tertiary/aromatic N) is 1. The van der Waals surface area contributed by atoms with Gasteiger partial charge in [0, 0.05) is 24.5 Å². The van der Waals surface area contributed by atoms with Crippen LogP contribution >= 0.6 is 0 Å². The Hall–Kier alpha value is -2.56. The predicted molar refractivity (Wildman–Crippen MR) is 82.4 cm³/mol. The molecule has 2 aromatic carbocycles. The number of hydrogen-bond acceptors (Lipinski definition) is 2. The third kappa shape index (κ3) is 4.21. The van der Waals surface area contributed by atoms with E-state index in [2.05, 4.69) is 5.32 Å². The van der Waals surface area contributed by atoms with Gasteiger partial charge in [0.2, 0.25) is 0 Å². The number of hydrogen-bond donors (Lipinski definition) is 2. The van der Waals surface area contributed by atoms with Crippen molar-refractivity contribution in [1.29, 1.82) is 0 Å². The Morgan fingerprint density at radius 1 is 1.14 bits per heavy atom. The van der Waals surface area contributed by atoms with E-state index < -0.39 is 0 Å². The fourth-order valence-electron chi connectivity index (χ4n) is 1.91. The number of amides is 2. The SMILES string of the molecule is CCN(Cc1ccc(N)cc1)C(=O)Nc1ccc(F)cc1. The molecular weight excluding hydrogens is 269 g/mol. The van der Waals surface area contributed by atoms with Crippen LogP contribution in [0.1, 0.15) is 12.5 Å². The van der Waals surface area contributed by atoms with Crippen molar-refractivity contribution in [3.8, 4) is 0 Å².